The summed E-state index contributed by atoms with van der Waals surface area (Å²) in [5.74, 6) is 1.14. The van der Waals surface area contributed by atoms with Gasteiger partial charge in [-0.25, -0.2) is 4.98 Å². The van der Waals surface area contributed by atoms with Crippen LogP contribution in [0.3, 0.4) is 0 Å². The van der Waals surface area contributed by atoms with Gasteiger partial charge in [-0.2, -0.15) is 0 Å². The van der Waals surface area contributed by atoms with Crippen LogP contribution in [0.25, 0.3) is 5.52 Å². The second kappa shape index (κ2) is 5.91. The standard InChI is InChI=1S/C15H23N5/c1-18-6-8-19(9-7-18)4-3-15-17-12-14-10-13(11-16)2-5-20(14)15/h2,5,10,12H,3-4,6-9,11,16H2,1H3. The summed E-state index contributed by atoms with van der Waals surface area (Å²) in [5.41, 5.74) is 7.97. The Balaban J connectivity index is 1.65. The summed E-state index contributed by atoms with van der Waals surface area (Å²) in [5, 5.41) is 0. The van der Waals surface area contributed by atoms with Crippen LogP contribution in [0, 0.1) is 0 Å². The van der Waals surface area contributed by atoms with Crippen molar-refractivity contribution in [3.05, 3.63) is 35.9 Å². The fourth-order valence-corrected chi connectivity index (χ4v) is 2.74. The molecule has 0 atom stereocenters. The first-order chi connectivity index (χ1) is 9.76. The van der Waals surface area contributed by atoms with Crippen molar-refractivity contribution in [3.8, 4) is 0 Å². The number of rotatable bonds is 4. The number of nitrogens with zero attached hydrogens (tertiary/aromatic N) is 4. The summed E-state index contributed by atoms with van der Waals surface area (Å²) >= 11 is 0. The molecule has 0 bridgehead atoms. The van der Waals surface area contributed by atoms with Crippen molar-refractivity contribution < 1.29 is 0 Å². The van der Waals surface area contributed by atoms with E-state index in [1.54, 1.807) is 0 Å². The lowest BCUT2D eigenvalue weighted by Gasteiger charge is -2.32. The van der Waals surface area contributed by atoms with Gasteiger partial charge in [0.2, 0.25) is 0 Å². The third kappa shape index (κ3) is 2.85. The Morgan fingerprint density at radius 3 is 2.80 bits per heavy atom. The average molecular weight is 273 g/mol. The molecule has 1 fully saturated rings. The number of nitrogens with two attached hydrogens (primary N) is 1. The monoisotopic (exact) mass is 273 g/mol. The quantitative estimate of drug-likeness (QED) is 0.885. The molecule has 2 N–H and O–H groups in total. The molecule has 1 saturated heterocycles. The van der Waals surface area contributed by atoms with Gasteiger partial charge in [-0.05, 0) is 24.7 Å². The van der Waals surface area contributed by atoms with Gasteiger partial charge >= 0.3 is 0 Å². The molecule has 0 aromatic carbocycles. The lowest BCUT2D eigenvalue weighted by molar-refractivity contribution is 0.155. The van der Waals surface area contributed by atoms with Crippen molar-refractivity contribution in [2.24, 2.45) is 5.73 Å². The molecule has 1 aliphatic heterocycles. The van der Waals surface area contributed by atoms with Crippen LogP contribution in [-0.2, 0) is 13.0 Å². The van der Waals surface area contributed by atoms with Crippen LogP contribution in [0.15, 0.2) is 24.5 Å². The molecule has 0 amide bonds. The van der Waals surface area contributed by atoms with Gasteiger partial charge < -0.3 is 19.9 Å². The molecular formula is C15H23N5. The Labute approximate surface area is 120 Å². The number of likely N-dealkylation sites (N-methyl/N-ethyl adjacent to an activating group) is 1. The fraction of sp³-hybridized carbons (Fsp3) is 0.533. The van der Waals surface area contributed by atoms with Gasteiger partial charge in [0.05, 0.1) is 11.7 Å². The van der Waals surface area contributed by atoms with E-state index in [0.717, 1.165) is 43.0 Å². The lowest BCUT2D eigenvalue weighted by Crippen LogP contribution is -2.45. The van der Waals surface area contributed by atoms with E-state index >= 15 is 0 Å². The minimum Gasteiger partial charge on any atom is -0.326 e. The topological polar surface area (TPSA) is 49.8 Å². The van der Waals surface area contributed by atoms with Crippen LogP contribution in [0.1, 0.15) is 11.4 Å². The van der Waals surface area contributed by atoms with E-state index in [0.29, 0.717) is 6.54 Å². The molecule has 5 heteroatoms. The van der Waals surface area contributed by atoms with Crippen LogP contribution < -0.4 is 5.73 Å². The summed E-state index contributed by atoms with van der Waals surface area (Å²) in [6.45, 7) is 6.34. The first-order valence-electron chi connectivity index (χ1n) is 7.32. The predicted molar refractivity (Wildman–Crippen MR) is 80.7 cm³/mol. The van der Waals surface area contributed by atoms with Gasteiger partial charge in [0.1, 0.15) is 5.82 Å². The maximum atomic E-state index is 5.67. The minimum atomic E-state index is 0.582. The van der Waals surface area contributed by atoms with Crippen molar-refractivity contribution in [1.29, 1.82) is 0 Å². The number of pyridine rings is 1. The van der Waals surface area contributed by atoms with Crippen LogP contribution in [0.2, 0.25) is 0 Å². The van der Waals surface area contributed by atoms with E-state index in [2.05, 4.69) is 44.6 Å². The first kappa shape index (κ1) is 13.5. The molecule has 0 spiro atoms. The van der Waals surface area contributed by atoms with Gasteiger partial charge in [0.25, 0.3) is 0 Å². The molecule has 1 aliphatic rings. The summed E-state index contributed by atoms with van der Waals surface area (Å²) in [6.07, 6.45) is 5.03. The number of aromatic nitrogens is 2. The third-order valence-electron chi connectivity index (χ3n) is 4.16. The van der Waals surface area contributed by atoms with E-state index in [9.17, 15) is 0 Å². The number of fused-ring (bicyclic) bond motifs is 1. The molecule has 3 rings (SSSR count). The molecule has 0 aliphatic carbocycles. The van der Waals surface area contributed by atoms with E-state index < -0.39 is 0 Å². The molecule has 20 heavy (non-hydrogen) atoms. The lowest BCUT2D eigenvalue weighted by atomic mass is 10.2. The Morgan fingerprint density at radius 1 is 1.25 bits per heavy atom. The average Bonchev–Trinajstić information content (AvgIpc) is 2.89. The summed E-state index contributed by atoms with van der Waals surface area (Å²) in [6, 6.07) is 4.19. The minimum absolute atomic E-state index is 0.582. The van der Waals surface area contributed by atoms with Crippen molar-refractivity contribution in [1.82, 2.24) is 19.2 Å². The maximum Gasteiger partial charge on any atom is 0.114 e. The Bertz CT molecular complexity index is 569. The number of imidazole rings is 1. The zero-order chi connectivity index (χ0) is 13.9. The van der Waals surface area contributed by atoms with Gasteiger partial charge in [0, 0.05) is 51.9 Å². The smallest absolute Gasteiger partial charge is 0.114 e. The summed E-state index contributed by atoms with van der Waals surface area (Å²) in [7, 11) is 2.19. The molecule has 108 valence electrons. The van der Waals surface area contributed by atoms with Crippen molar-refractivity contribution >= 4 is 5.52 Å². The second-order valence-corrected chi connectivity index (χ2v) is 5.60. The fourth-order valence-electron chi connectivity index (χ4n) is 2.74. The molecule has 2 aromatic heterocycles. The van der Waals surface area contributed by atoms with Crippen molar-refractivity contribution in [2.45, 2.75) is 13.0 Å². The van der Waals surface area contributed by atoms with Crippen molar-refractivity contribution in [3.63, 3.8) is 0 Å². The molecule has 0 unspecified atom stereocenters. The van der Waals surface area contributed by atoms with Gasteiger partial charge in [0.15, 0.2) is 0 Å². The van der Waals surface area contributed by atoms with Gasteiger partial charge in [-0.1, -0.05) is 0 Å². The van der Waals surface area contributed by atoms with Crippen LogP contribution in [0.5, 0.6) is 0 Å². The zero-order valence-electron chi connectivity index (χ0n) is 12.1. The van der Waals surface area contributed by atoms with E-state index in [4.69, 9.17) is 5.73 Å². The predicted octanol–water partition coefficient (Wildman–Crippen LogP) is 0.583. The van der Waals surface area contributed by atoms with Crippen LogP contribution >= 0.6 is 0 Å². The second-order valence-electron chi connectivity index (χ2n) is 5.60. The number of piperazine rings is 1. The van der Waals surface area contributed by atoms with Gasteiger partial charge in [-0.3, -0.25) is 0 Å². The Kier molecular flexibility index (Phi) is 4.00. The molecule has 0 radical (unpaired) electrons. The van der Waals surface area contributed by atoms with E-state index in [1.807, 2.05) is 6.20 Å². The van der Waals surface area contributed by atoms with E-state index in [1.165, 1.54) is 13.1 Å². The normalized spacial score (nSPS) is 17.9. The first-order valence-corrected chi connectivity index (χ1v) is 7.32. The van der Waals surface area contributed by atoms with Crippen LogP contribution in [0.4, 0.5) is 0 Å². The molecule has 5 nitrogen and oxygen atoms in total. The highest BCUT2D eigenvalue weighted by atomic mass is 15.2. The SMILES string of the molecule is CN1CCN(CCc2ncc3cc(CN)ccn23)CC1. The molecule has 3 heterocycles. The maximum absolute atomic E-state index is 5.67. The molecule has 2 aromatic rings. The summed E-state index contributed by atoms with van der Waals surface area (Å²) < 4.78 is 2.18. The van der Waals surface area contributed by atoms with E-state index in [-0.39, 0.29) is 0 Å². The largest absolute Gasteiger partial charge is 0.326 e. The number of hydrogen-bond acceptors (Lipinski definition) is 4. The Hall–Kier alpha value is -1.43. The van der Waals surface area contributed by atoms with Crippen LogP contribution in [-0.4, -0.2) is 59.0 Å². The highest BCUT2D eigenvalue weighted by molar-refractivity contribution is 5.48. The number of hydrogen-bond donors (Lipinski definition) is 1. The molecule has 0 saturated carbocycles. The zero-order valence-corrected chi connectivity index (χ0v) is 12.1. The van der Waals surface area contributed by atoms with Gasteiger partial charge in [-0.15, -0.1) is 0 Å². The third-order valence-corrected chi connectivity index (χ3v) is 4.16. The van der Waals surface area contributed by atoms with Crippen molar-refractivity contribution in [2.75, 3.05) is 39.8 Å². The highest BCUT2D eigenvalue weighted by Gasteiger charge is 2.14. The summed E-state index contributed by atoms with van der Waals surface area (Å²) in [4.78, 5) is 9.46. The highest BCUT2D eigenvalue weighted by Crippen LogP contribution is 2.11. The molecular weight excluding hydrogens is 250 g/mol. The Morgan fingerprint density at radius 2 is 2.05 bits per heavy atom.